The van der Waals surface area contributed by atoms with E-state index in [1.165, 1.54) is 0 Å². The molecule has 2 rings (SSSR count). The monoisotopic (exact) mass is 343 g/mol. The molecule has 0 bridgehead atoms. The lowest BCUT2D eigenvalue weighted by Gasteiger charge is -2.20. The summed E-state index contributed by atoms with van der Waals surface area (Å²) in [7, 11) is 0. The molecule has 2 unspecified atom stereocenters. The number of aliphatic hydroxyl groups excluding tert-OH is 2. The second-order valence-corrected chi connectivity index (χ2v) is 5.87. The SMILES string of the molecule is CC(NCCC(=O)c1cccc(OCCO)c1)C(O)c1ccccc1. The number of hydrogen-bond acceptors (Lipinski definition) is 5. The molecule has 0 amide bonds. The summed E-state index contributed by atoms with van der Waals surface area (Å²) in [5.41, 5.74) is 1.43. The van der Waals surface area contributed by atoms with E-state index in [0.717, 1.165) is 5.56 Å². The van der Waals surface area contributed by atoms with Gasteiger partial charge in [0.1, 0.15) is 12.4 Å². The molecule has 2 atom stereocenters. The van der Waals surface area contributed by atoms with Gasteiger partial charge in [-0.05, 0) is 24.6 Å². The Hall–Kier alpha value is -2.21. The van der Waals surface area contributed by atoms with Crippen LogP contribution in [-0.4, -0.2) is 41.8 Å². The molecule has 25 heavy (non-hydrogen) atoms. The van der Waals surface area contributed by atoms with Crippen molar-refractivity contribution in [3.8, 4) is 5.75 Å². The number of nitrogens with one attached hydrogen (secondary N) is 1. The number of aliphatic hydroxyl groups is 2. The molecule has 0 aliphatic carbocycles. The summed E-state index contributed by atoms with van der Waals surface area (Å²) in [6.07, 6.45) is -0.290. The minimum Gasteiger partial charge on any atom is -0.491 e. The fourth-order valence-electron chi connectivity index (χ4n) is 2.53. The highest BCUT2D eigenvalue weighted by Crippen LogP contribution is 2.17. The second-order valence-electron chi connectivity index (χ2n) is 5.87. The highest BCUT2D eigenvalue weighted by atomic mass is 16.5. The predicted molar refractivity (Wildman–Crippen MR) is 96.8 cm³/mol. The van der Waals surface area contributed by atoms with Crippen molar-refractivity contribution >= 4 is 5.78 Å². The summed E-state index contributed by atoms with van der Waals surface area (Å²) < 4.78 is 5.32. The van der Waals surface area contributed by atoms with Gasteiger partial charge >= 0.3 is 0 Å². The van der Waals surface area contributed by atoms with Crippen molar-refractivity contribution in [2.45, 2.75) is 25.5 Å². The summed E-state index contributed by atoms with van der Waals surface area (Å²) in [6, 6.07) is 16.2. The van der Waals surface area contributed by atoms with Crippen LogP contribution in [0, 0.1) is 0 Å². The zero-order chi connectivity index (χ0) is 18.1. The third-order valence-electron chi connectivity index (χ3n) is 3.95. The van der Waals surface area contributed by atoms with Gasteiger partial charge in [-0.3, -0.25) is 4.79 Å². The zero-order valence-electron chi connectivity index (χ0n) is 14.4. The average molecular weight is 343 g/mol. The molecule has 0 spiro atoms. The molecule has 5 nitrogen and oxygen atoms in total. The van der Waals surface area contributed by atoms with Gasteiger partial charge in [-0.15, -0.1) is 0 Å². The molecule has 0 saturated heterocycles. The standard InChI is InChI=1S/C20H25NO4/c1-15(20(24)16-6-3-2-4-7-16)21-11-10-19(23)17-8-5-9-18(14-17)25-13-12-22/h2-9,14-15,20-22,24H,10-13H2,1H3. The first-order valence-electron chi connectivity index (χ1n) is 8.45. The van der Waals surface area contributed by atoms with E-state index in [1.54, 1.807) is 24.3 Å². The van der Waals surface area contributed by atoms with Crippen LogP contribution in [0.5, 0.6) is 5.75 Å². The van der Waals surface area contributed by atoms with Gasteiger partial charge in [0.25, 0.3) is 0 Å². The molecule has 2 aromatic rings. The summed E-state index contributed by atoms with van der Waals surface area (Å²) in [5.74, 6) is 0.573. The van der Waals surface area contributed by atoms with Crippen molar-refractivity contribution < 1.29 is 19.7 Å². The van der Waals surface area contributed by atoms with Gasteiger partial charge in [-0.1, -0.05) is 42.5 Å². The fourth-order valence-corrected chi connectivity index (χ4v) is 2.53. The molecule has 3 N–H and O–H groups in total. The van der Waals surface area contributed by atoms with E-state index >= 15 is 0 Å². The minimum atomic E-state index is -0.619. The first-order chi connectivity index (χ1) is 12.1. The number of carbonyl (C=O) groups excluding carboxylic acids is 1. The Bertz CT molecular complexity index is 660. The lowest BCUT2D eigenvalue weighted by molar-refractivity contribution is 0.0971. The first kappa shape index (κ1) is 19.1. The Morgan fingerprint density at radius 1 is 1.16 bits per heavy atom. The fraction of sp³-hybridized carbons (Fsp3) is 0.350. The van der Waals surface area contributed by atoms with Crippen LogP contribution in [0.25, 0.3) is 0 Å². The Morgan fingerprint density at radius 3 is 2.64 bits per heavy atom. The molecule has 5 heteroatoms. The quantitative estimate of drug-likeness (QED) is 0.577. The Morgan fingerprint density at radius 2 is 1.92 bits per heavy atom. The van der Waals surface area contributed by atoms with Crippen molar-refractivity contribution in [1.29, 1.82) is 0 Å². The molecule has 0 aromatic heterocycles. The Kier molecular flexibility index (Phi) is 7.60. The summed E-state index contributed by atoms with van der Waals surface area (Å²) in [4.78, 5) is 12.3. The summed E-state index contributed by atoms with van der Waals surface area (Å²) in [5, 5.41) is 22.3. The largest absolute Gasteiger partial charge is 0.491 e. The van der Waals surface area contributed by atoms with E-state index in [0.29, 0.717) is 24.3 Å². The molecule has 0 radical (unpaired) electrons. The van der Waals surface area contributed by atoms with Gasteiger partial charge < -0.3 is 20.3 Å². The number of hydrogen-bond donors (Lipinski definition) is 3. The van der Waals surface area contributed by atoms with Crippen LogP contribution >= 0.6 is 0 Å². The molecule has 0 aliphatic rings. The van der Waals surface area contributed by atoms with Gasteiger partial charge in [-0.2, -0.15) is 0 Å². The lowest BCUT2D eigenvalue weighted by Crippen LogP contribution is -2.33. The van der Waals surface area contributed by atoms with Gasteiger partial charge in [0.05, 0.1) is 12.7 Å². The van der Waals surface area contributed by atoms with E-state index < -0.39 is 6.10 Å². The van der Waals surface area contributed by atoms with Crippen LogP contribution in [0.2, 0.25) is 0 Å². The maximum absolute atomic E-state index is 12.3. The number of rotatable bonds is 10. The molecule has 0 aliphatic heterocycles. The van der Waals surface area contributed by atoms with Crippen LogP contribution in [0.3, 0.4) is 0 Å². The van der Waals surface area contributed by atoms with Gasteiger partial charge in [-0.25, -0.2) is 0 Å². The van der Waals surface area contributed by atoms with Crippen molar-refractivity contribution in [3.05, 3.63) is 65.7 Å². The zero-order valence-corrected chi connectivity index (χ0v) is 14.4. The second kappa shape index (κ2) is 9.93. The lowest BCUT2D eigenvalue weighted by atomic mass is 10.0. The Balaban J connectivity index is 1.82. The van der Waals surface area contributed by atoms with Crippen LogP contribution in [0.1, 0.15) is 35.4 Å². The van der Waals surface area contributed by atoms with Crippen molar-refractivity contribution in [3.63, 3.8) is 0 Å². The van der Waals surface area contributed by atoms with Crippen LogP contribution in [0.4, 0.5) is 0 Å². The molecular weight excluding hydrogens is 318 g/mol. The maximum Gasteiger partial charge on any atom is 0.164 e. The number of carbonyl (C=O) groups is 1. The highest BCUT2D eigenvalue weighted by Gasteiger charge is 2.16. The van der Waals surface area contributed by atoms with E-state index in [9.17, 15) is 9.90 Å². The number of benzene rings is 2. The van der Waals surface area contributed by atoms with Crippen molar-refractivity contribution in [2.75, 3.05) is 19.8 Å². The highest BCUT2D eigenvalue weighted by molar-refractivity contribution is 5.96. The first-order valence-corrected chi connectivity index (χ1v) is 8.45. The topological polar surface area (TPSA) is 78.8 Å². The smallest absolute Gasteiger partial charge is 0.164 e. The van der Waals surface area contributed by atoms with Crippen LogP contribution < -0.4 is 10.1 Å². The number of Topliss-reactive ketones (excluding diaryl/α,β-unsaturated/α-hetero) is 1. The summed E-state index contributed by atoms with van der Waals surface area (Å²) in [6.45, 7) is 2.51. The van der Waals surface area contributed by atoms with E-state index in [4.69, 9.17) is 9.84 Å². The van der Waals surface area contributed by atoms with Crippen LogP contribution in [-0.2, 0) is 0 Å². The Labute approximate surface area is 148 Å². The molecule has 2 aromatic carbocycles. The minimum absolute atomic E-state index is 0.00310. The molecular formula is C20H25NO4. The maximum atomic E-state index is 12.3. The van der Waals surface area contributed by atoms with Gasteiger partial charge in [0.15, 0.2) is 5.78 Å². The number of ketones is 1. The van der Waals surface area contributed by atoms with Gasteiger partial charge in [0.2, 0.25) is 0 Å². The number of ether oxygens (including phenoxy) is 1. The molecule has 0 fully saturated rings. The molecule has 0 saturated carbocycles. The normalized spacial score (nSPS) is 13.2. The van der Waals surface area contributed by atoms with Crippen molar-refractivity contribution in [1.82, 2.24) is 5.32 Å². The predicted octanol–water partition coefficient (Wildman–Crippen LogP) is 2.34. The third-order valence-corrected chi connectivity index (χ3v) is 3.95. The van der Waals surface area contributed by atoms with E-state index in [1.807, 2.05) is 37.3 Å². The summed E-state index contributed by atoms with van der Waals surface area (Å²) >= 11 is 0. The average Bonchev–Trinajstić information content (AvgIpc) is 2.66. The molecule has 0 heterocycles. The van der Waals surface area contributed by atoms with Gasteiger partial charge in [0, 0.05) is 24.6 Å². The van der Waals surface area contributed by atoms with E-state index in [-0.39, 0.29) is 25.0 Å². The van der Waals surface area contributed by atoms with Crippen molar-refractivity contribution in [2.24, 2.45) is 0 Å². The molecule has 134 valence electrons. The van der Waals surface area contributed by atoms with E-state index in [2.05, 4.69) is 5.32 Å². The third kappa shape index (κ3) is 5.98. The van der Waals surface area contributed by atoms with Crippen LogP contribution in [0.15, 0.2) is 54.6 Å².